The van der Waals surface area contributed by atoms with E-state index in [4.69, 9.17) is 9.47 Å². The summed E-state index contributed by atoms with van der Waals surface area (Å²) in [4.78, 5) is 1.49. The Morgan fingerprint density at radius 2 is 1.78 bits per heavy atom. The molecule has 100 valence electrons. The van der Waals surface area contributed by atoms with Crippen molar-refractivity contribution in [1.82, 2.24) is 0 Å². The third kappa shape index (κ3) is 3.89. The van der Waals surface area contributed by atoms with E-state index in [1.807, 2.05) is 24.3 Å². The molecule has 1 aliphatic rings. The van der Waals surface area contributed by atoms with Crippen LogP contribution in [0, 0.1) is 0 Å². The minimum atomic E-state index is -0.389. The van der Waals surface area contributed by atoms with Crippen LogP contribution in [0.5, 0.6) is 11.5 Å². The lowest BCUT2D eigenvalue weighted by atomic mass is 10.3. The molecule has 1 heterocycles. The summed E-state index contributed by atoms with van der Waals surface area (Å²) in [6.45, 7) is 3.51. The fourth-order valence-corrected chi connectivity index (χ4v) is 2.34. The first-order valence-electron chi connectivity index (χ1n) is 6.56. The second-order valence-electron chi connectivity index (χ2n) is 4.80. The molecule has 0 amide bonds. The van der Waals surface area contributed by atoms with Gasteiger partial charge in [0.05, 0.1) is 20.2 Å². The summed E-state index contributed by atoms with van der Waals surface area (Å²) in [5.41, 5.74) is 0. The lowest BCUT2D eigenvalue weighted by Crippen LogP contribution is -3.11. The normalized spacial score (nSPS) is 17.7. The highest BCUT2D eigenvalue weighted by molar-refractivity contribution is 5.31. The molecule has 1 aliphatic heterocycles. The number of nitrogens with one attached hydrogen (secondary N) is 1. The van der Waals surface area contributed by atoms with Crippen LogP contribution < -0.4 is 14.4 Å². The van der Waals surface area contributed by atoms with Gasteiger partial charge in [-0.3, -0.25) is 0 Å². The molecule has 4 heteroatoms. The van der Waals surface area contributed by atoms with E-state index >= 15 is 0 Å². The molecule has 0 aromatic heterocycles. The molecular weight excluding hydrogens is 230 g/mol. The Bertz CT molecular complexity index is 347. The zero-order chi connectivity index (χ0) is 12.8. The van der Waals surface area contributed by atoms with Crippen LogP contribution in [0.15, 0.2) is 24.3 Å². The monoisotopic (exact) mass is 252 g/mol. The summed E-state index contributed by atoms with van der Waals surface area (Å²) in [5, 5.41) is 9.90. The molecule has 18 heavy (non-hydrogen) atoms. The maximum absolute atomic E-state index is 9.90. The minimum absolute atomic E-state index is 0.357. The fourth-order valence-electron chi connectivity index (χ4n) is 2.34. The third-order valence-corrected chi connectivity index (χ3v) is 3.34. The van der Waals surface area contributed by atoms with Crippen LogP contribution in [0.1, 0.15) is 12.8 Å². The summed E-state index contributed by atoms with van der Waals surface area (Å²) in [7, 11) is 1.64. The van der Waals surface area contributed by atoms with E-state index in [-0.39, 0.29) is 6.10 Å². The van der Waals surface area contributed by atoms with Crippen molar-refractivity contribution >= 4 is 0 Å². The molecule has 1 unspecified atom stereocenters. The highest BCUT2D eigenvalue weighted by Gasteiger charge is 2.19. The van der Waals surface area contributed by atoms with E-state index in [9.17, 15) is 5.11 Å². The molecule has 1 aromatic carbocycles. The fraction of sp³-hybridized carbons (Fsp3) is 0.571. The van der Waals surface area contributed by atoms with Gasteiger partial charge < -0.3 is 19.5 Å². The topological polar surface area (TPSA) is 43.1 Å². The summed E-state index contributed by atoms with van der Waals surface area (Å²) in [6, 6.07) is 7.42. The van der Waals surface area contributed by atoms with E-state index < -0.39 is 0 Å². The van der Waals surface area contributed by atoms with Gasteiger partial charge in [-0.2, -0.15) is 0 Å². The van der Waals surface area contributed by atoms with Crippen molar-refractivity contribution < 1.29 is 19.5 Å². The van der Waals surface area contributed by atoms with Gasteiger partial charge in [0.15, 0.2) is 0 Å². The molecule has 1 aromatic rings. The van der Waals surface area contributed by atoms with Crippen LogP contribution in [0.25, 0.3) is 0 Å². The Kier molecular flexibility index (Phi) is 4.84. The first kappa shape index (κ1) is 13.2. The first-order valence-corrected chi connectivity index (χ1v) is 6.56. The minimum Gasteiger partial charge on any atom is -0.497 e. The molecule has 1 saturated heterocycles. The predicted octanol–water partition coefficient (Wildman–Crippen LogP) is 0.114. The molecule has 0 spiro atoms. The zero-order valence-corrected chi connectivity index (χ0v) is 10.9. The smallest absolute Gasteiger partial charge is 0.137 e. The average molecular weight is 252 g/mol. The molecule has 1 atom stereocenters. The maximum atomic E-state index is 9.90. The van der Waals surface area contributed by atoms with Crippen molar-refractivity contribution in [2.75, 3.05) is 33.4 Å². The number of hydrogen-bond acceptors (Lipinski definition) is 3. The van der Waals surface area contributed by atoms with E-state index in [1.165, 1.54) is 30.8 Å². The third-order valence-electron chi connectivity index (χ3n) is 3.34. The molecule has 0 radical (unpaired) electrons. The number of methoxy groups -OCH3 is 1. The Labute approximate surface area is 108 Å². The van der Waals surface area contributed by atoms with Gasteiger partial charge in [0.1, 0.15) is 30.8 Å². The number of aliphatic hydroxyl groups is 1. The van der Waals surface area contributed by atoms with Gasteiger partial charge in [-0.05, 0) is 24.3 Å². The van der Waals surface area contributed by atoms with E-state index in [1.54, 1.807) is 7.11 Å². The van der Waals surface area contributed by atoms with Crippen molar-refractivity contribution in [2.24, 2.45) is 0 Å². The second kappa shape index (κ2) is 6.61. The standard InChI is InChI=1S/C14H21NO3/c1-17-13-4-6-14(7-5-13)18-11-12(16)10-15-8-2-3-9-15/h4-7,12,16H,2-3,8-11H2,1H3/p+1. The molecule has 0 saturated carbocycles. The molecule has 1 fully saturated rings. The number of ether oxygens (including phenoxy) is 2. The van der Waals surface area contributed by atoms with Gasteiger partial charge in [-0.15, -0.1) is 0 Å². The van der Waals surface area contributed by atoms with Crippen LogP contribution in [-0.4, -0.2) is 44.6 Å². The number of quaternary nitrogens is 1. The van der Waals surface area contributed by atoms with Gasteiger partial charge in [0.2, 0.25) is 0 Å². The van der Waals surface area contributed by atoms with Crippen LogP contribution in [0.4, 0.5) is 0 Å². The van der Waals surface area contributed by atoms with Gasteiger partial charge in [-0.25, -0.2) is 0 Å². The highest BCUT2D eigenvalue weighted by Crippen LogP contribution is 2.16. The van der Waals surface area contributed by atoms with E-state index in [0.717, 1.165) is 18.0 Å². The predicted molar refractivity (Wildman–Crippen MR) is 69.3 cm³/mol. The van der Waals surface area contributed by atoms with Gasteiger partial charge in [0, 0.05) is 12.8 Å². The number of aliphatic hydroxyl groups excluding tert-OH is 1. The SMILES string of the molecule is COc1ccc(OCC(O)C[NH+]2CCCC2)cc1. The van der Waals surface area contributed by atoms with Crippen LogP contribution >= 0.6 is 0 Å². The van der Waals surface area contributed by atoms with Crippen molar-refractivity contribution in [3.05, 3.63) is 24.3 Å². The summed E-state index contributed by atoms with van der Waals surface area (Å²) >= 11 is 0. The number of rotatable bonds is 6. The highest BCUT2D eigenvalue weighted by atomic mass is 16.5. The lowest BCUT2D eigenvalue weighted by Gasteiger charge is -2.17. The quantitative estimate of drug-likeness (QED) is 0.755. The second-order valence-corrected chi connectivity index (χ2v) is 4.80. The Hall–Kier alpha value is -1.26. The number of hydrogen-bond donors (Lipinski definition) is 2. The Morgan fingerprint density at radius 3 is 2.39 bits per heavy atom. The lowest BCUT2D eigenvalue weighted by molar-refractivity contribution is -0.890. The molecule has 2 rings (SSSR count). The van der Waals surface area contributed by atoms with E-state index in [0.29, 0.717) is 6.61 Å². The van der Waals surface area contributed by atoms with Crippen molar-refractivity contribution in [2.45, 2.75) is 18.9 Å². The van der Waals surface area contributed by atoms with Crippen molar-refractivity contribution in [3.63, 3.8) is 0 Å². The van der Waals surface area contributed by atoms with Crippen molar-refractivity contribution in [3.8, 4) is 11.5 Å². The number of benzene rings is 1. The zero-order valence-electron chi connectivity index (χ0n) is 10.9. The molecule has 4 nitrogen and oxygen atoms in total. The largest absolute Gasteiger partial charge is 0.497 e. The van der Waals surface area contributed by atoms with Crippen LogP contribution in [-0.2, 0) is 0 Å². The molecule has 0 aliphatic carbocycles. The summed E-state index contributed by atoms with van der Waals surface area (Å²) in [6.07, 6.45) is 2.17. The summed E-state index contributed by atoms with van der Waals surface area (Å²) in [5.74, 6) is 1.58. The Morgan fingerprint density at radius 1 is 1.17 bits per heavy atom. The average Bonchev–Trinajstić information content (AvgIpc) is 2.90. The molecule has 0 bridgehead atoms. The first-order chi connectivity index (χ1) is 8.78. The van der Waals surface area contributed by atoms with Gasteiger partial charge in [-0.1, -0.05) is 0 Å². The van der Waals surface area contributed by atoms with Crippen molar-refractivity contribution in [1.29, 1.82) is 0 Å². The summed E-state index contributed by atoms with van der Waals surface area (Å²) < 4.78 is 10.6. The maximum Gasteiger partial charge on any atom is 0.137 e. The number of likely N-dealkylation sites (tertiary alicyclic amines) is 1. The van der Waals surface area contributed by atoms with Crippen LogP contribution in [0.2, 0.25) is 0 Å². The van der Waals surface area contributed by atoms with E-state index in [2.05, 4.69) is 0 Å². The van der Waals surface area contributed by atoms with Crippen LogP contribution in [0.3, 0.4) is 0 Å². The van der Waals surface area contributed by atoms with Gasteiger partial charge in [0.25, 0.3) is 0 Å². The molecular formula is C14H22NO3+. The Balaban J connectivity index is 1.72. The molecule has 2 N–H and O–H groups in total. The van der Waals surface area contributed by atoms with Gasteiger partial charge >= 0.3 is 0 Å².